The van der Waals surface area contributed by atoms with E-state index in [1.807, 2.05) is 12.1 Å². The van der Waals surface area contributed by atoms with Gasteiger partial charge in [-0.05, 0) is 121 Å². The first-order chi connectivity index (χ1) is 25.2. The molecule has 3 aromatic rings. The Balaban J connectivity index is 1.43. The highest BCUT2D eigenvalue weighted by atomic mass is 32.2. The molecule has 0 heterocycles. The molecule has 0 spiro atoms. The van der Waals surface area contributed by atoms with Gasteiger partial charge in [0.2, 0.25) is 10.2 Å². The molecule has 0 aliphatic rings. The fourth-order valence-corrected chi connectivity index (χ4v) is 5.54. The van der Waals surface area contributed by atoms with E-state index in [0.717, 1.165) is 56.6 Å². The molecule has 0 saturated carbocycles. The Bertz CT molecular complexity index is 1600. The highest BCUT2D eigenvalue weighted by molar-refractivity contribution is 8.14. The van der Waals surface area contributed by atoms with Gasteiger partial charge in [-0.2, -0.15) is 0 Å². The number of hydrogen-bond donors (Lipinski definition) is 0. The smallest absolute Gasteiger partial charge is 0.330 e. The molecule has 0 aromatic heterocycles. The SMILES string of the molecule is C=CC(=O)OCCCCOc1ccc(C=CC(=O)Sc2ccc(SC(=O)C=Cc3ccc(OCCCCOC(=O)C=C)c(OC)c3)cc2)cc1OC. The number of rotatable bonds is 22. The van der Waals surface area contributed by atoms with Gasteiger partial charge in [0, 0.05) is 21.9 Å². The summed E-state index contributed by atoms with van der Waals surface area (Å²) in [6.07, 6.45) is 11.3. The van der Waals surface area contributed by atoms with E-state index >= 15 is 0 Å². The summed E-state index contributed by atoms with van der Waals surface area (Å²) in [5.41, 5.74) is 1.54. The Morgan fingerprint density at radius 2 is 0.942 bits per heavy atom. The van der Waals surface area contributed by atoms with Crippen LogP contribution in [-0.4, -0.2) is 62.8 Å². The van der Waals surface area contributed by atoms with Gasteiger partial charge in [-0.15, -0.1) is 0 Å². The Hall–Kier alpha value is -5.20. The van der Waals surface area contributed by atoms with Crippen molar-refractivity contribution in [1.82, 2.24) is 0 Å². The van der Waals surface area contributed by atoms with Crippen molar-refractivity contribution in [3.63, 3.8) is 0 Å². The van der Waals surface area contributed by atoms with Crippen LogP contribution >= 0.6 is 23.5 Å². The van der Waals surface area contributed by atoms with Gasteiger partial charge in [-0.1, -0.05) is 37.4 Å². The minimum Gasteiger partial charge on any atom is -0.493 e. The minimum absolute atomic E-state index is 0.158. The number of ether oxygens (including phenoxy) is 6. The summed E-state index contributed by atoms with van der Waals surface area (Å²) in [7, 11) is 3.09. The summed E-state index contributed by atoms with van der Waals surface area (Å²) in [4.78, 5) is 49.0. The average molecular weight is 747 g/mol. The summed E-state index contributed by atoms with van der Waals surface area (Å²) >= 11 is 2.15. The maximum Gasteiger partial charge on any atom is 0.330 e. The second-order valence-electron chi connectivity index (χ2n) is 10.7. The number of thioether (sulfide) groups is 2. The molecule has 274 valence electrons. The number of carbonyl (C=O) groups excluding carboxylic acids is 4. The summed E-state index contributed by atoms with van der Waals surface area (Å²) in [6, 6.07) is 18.0. The molecule has 10 nitrogen and oxygen atoms in total. The van der Waals surface area contributed by atoms with Crippen LogP contribution in [0.5, 0.6) is 23.0 Å². The second-order valence-corrected chi connectivity index (χ2v) is 12.8. The lowest BCUT2D eigenvalue weighted by molar-refractivity contribution is -0.138. The van der Waals surface area contributed by atoms with Gasteiger partial charge in [0.05, 0.1) is 40.6 Å². The third-order valence-electron chi connectivity index (χ3n) is 6.87. The Morgan fingerprint density at radius 3 is 1.31 bits per heavy atom. The van der Waals surface area contributed by atoms with Gasteiger partial charge in [0.15, 0.2) is 23.0 Å². The number of unbranched alkanes of at least 4 members (excludes halogenated alkanes) is 2. The van der Waals surface area contributed by atoms with Crippen molar-refractivity contribution in [2.24, 2.45) is 0 Å². The van der Waals surface area contributed by atoms with Crippen LogP contribution in [0.15, 0.2) is 108 Å². The highest BCUT2D eigenvalue weighted by Gasteiger charge is 2.09. The van der Waals surface area contributed by atoms with Crippen molar-refractivity contribution in [3.8, 4) is 23.0 Å². The zero-order valence-corrected chi connectivity index (χ0v) is 30.8. The Morgan fingerprint density at radius 1 is 0.558 bits per heavy atom. The summed E-state index contributed by atoms with van der Waals surface area (Å²) in [5.74, 6) is 1.34. The first-order valence-corrected chi connectivity index (χ1v) is 18.0. The molecule has 3 aromatic carbocycles. The van der Waals surface area contributed by atoms with E-state index in [-0.39, 0.29) is 10.2 Å². The van der Waals surface area contributed by atoms with Crippen LogP contribution in [0.2, 0.25) is 0 Å². The molecule has 52 heavy (non-hydrogen) atoms. The van der Waals surface area contributed by atoms with Gasteiger partial charge < -0.3 is 28.4 Å². The predicted molar refractivity (Wildman–Crippen MR) is 204 cm³/mol. The molecule has 0 unspecified atom stereocenters. The third kappa shape index (κ3) is 15.4. The van der Waals surface area contributed by atoms with Gasteiger partial charge >= 0.3 is 11.9 Å². The molecule has 0 fully saturated rings. The number of methoxy groups -OCH3 is 2. The molecule has 0 N–H and O–H groups in total. The number of esters is 2. The van der Waals surface area contributed by atoms with E-state index in [0.29, 0.717) is 75.1 Å². The first-order valence-electron chi connectivity index (χ1n) is 16.3. The Labute approximate surface area is 312 Å². The summed E-state index contributed by atoms with van der Waals surface area (Å²) in [5, 5.41) is -0.316. The molecule has 3 rings (SSSR count). The number of carbonyl (C=O) groups is 4. The lowest BCUT2D eigenvalue weighted by Gasteiger charge is -2.11. The van der Waals surface area contributed by atoms with Gasteiger partial charge in [0.1, 0.15) is 0 Å². The number of benzene rings is 3. The molecular weight excluding hydrogens is 705 g/mol. The van der Waals surface area contributed by atoms with Crippen molar-refractivity contribution in [3.05, 3.63) is 109 Å². The second kappa shape index (κ2) is 23.3. The molecule has 0 saturated heterocycles. The molecule has 0 aliphatic heterocycles. The zero-order valence-electron chi connectivity index (χ0n) is 29.2. The quantitative estimate of drug-likeness (QED) is 0.0427. The minimum atomic E-state index is -0.445. The van der Waals surface area contributed by atoms with Crippen molar-refractivity contribution >= 4 is 57.8 Å². The maximum absolute atomic E-state index is 12.6. The van der Waals surface area contributed by atoms with E-state index < -0.39 is 11.9 Å². The van der Waals surface area contributed by atoms with E-state index in [1.54, 1.807) is 74.9 Å². The largest absolute Gasteiger partial charge is 0.493 e. The summed E-state index contributed by atoms with van der Waals surface area (Å²) in [6.45, 7) is 8.18. The van der Waals surface area contributed by atoms with E-state index in [1.165, 1.54) is 12.2 Å². The van der Waals surface area contributed by atoms with Gasteiger partial charge in [-0.25, -0.2) is 9.59 Å². The standard InChI is InChI=1S/C40H42O10S2/c1-5-37(41)49-25-9-7-23-47-33-19-11-29(27-35(33)45-3)13-21-39(43)51-31-15-17-32(18-16-31)52-40(44)22-14-30-12-20-34(36(28-30)46-4)48-24-8-10-26-50-38(42)6-2/h5-6,11-22,27-28H,1-2,7-10,23-26H2,3-4H3. The maximum atomic E-state index is 12.6. The van der Waals surface area contributed by atoms with Crippen LogP contribution in [-0.2, 0) is 28.7 Å². The molecule has 0 bridgehead atoms. The van der Waals surface area contributed by atoms with Crippen LogP contribution < -0.4 is 18.9 Å². The fraction of sp³-hybridized carbons (Fsp3) is 0.250. The average Bonchev–Trinajstić information content (AvgIpc) is 3.16. The van der Waals surface area contributed by atoms with Crippen LogP contribution in [0.1, 0.15) is 36.8 Å². The third-order valence-corrected chi connectivity index (χ3v) is 8.56. The van der Waals surface area contributed by atoms with Crippen LogP contribution in [0.3, 0.4) is 0 Å². The molecule has 0 aliphatic carbocycles. The predicted octanol–water partition coefficient (Wildman–Crippen LogP) is 8.14. The first kappa shape index (κ1) is 41.2. The number of hydrogen-bond acceptors (Lipinski definition) is 12. The normalized spacial score (nSPS) is 10.8. The molecular formula is C40H42O10S2. The summed E-state index contributed by atoms with van der Waals surface area (Å²) < 4.78 is 32.4. The Kier molecular flexibility index (Phi) is 18.5. The molecule has 0 atom stereocenters. The van der Waals surface area contributed by atoms with E-state index in [9.17, 15) is 19.2 Å². The van der Waals surface area contributed by atoms with Crippen molar-refractivity contribution in [2.45, 2.75) is 35.5 Å². The molecule has 0 radical (unpaired) electrons. The molecule has 12 heteroatoms. The van der Waals surface area contributed by atoms with Crippen molar-refractivity contribution in [1.29, 1.82) is 0 Å². The molecule has 0 amide bonds. The van der Waals surface area contributed by atoms with Crippen molar-refractivity contribution in [2.75, 3.05) is 40.6 Å². The topological polar surface area (TPSA) is 124 Å². The monoisotopic (exact) mass is 746 g/mol. The fourth-order valence-electron chi connectivity index (χ4n) is 4.25. The van der Waals surface area contributed by atoms with Gasteiger partial charge in [0.25, 0.3) is 0 Å². The van der Waals surface area contributed by atoms with Crippen LogP contribution in [0.4, 0.5) is 0 Å². The van der Waals surface area contributed by atoms with Crippen LogP contribution in [0, 0.1) is 0 Å². The van der Waals surface area contributed by atoms with Crippen molar-refractivity contribution < 1.29 is 47.6 Å². The lowest BCUT2D eigenvalue weighted by Crippen LogP contribution is -2.05. The van der Waals surface area contributed by atoms with E-state index in [4.69, 9.17) is 28.4 Å². The lowest BCUT2D eigenvalue weighted by atomic mass is 10.2. The van der Waals surface area contributed by atoms with Gasteiger partial charge in [-0.3, -0.25) is 9.59 Å². The highest BCUT2D eigenvalue weighted by Crippen LogP contribution is 2.31. The van der Waals surface area contributed by atoms with Crippen LogP contribution in [0.25, 0.3) is 12.2 Å². The van der Waals surface area contributed by atoms with E-state index in [2.05, 4.69) is 13.2 Å². The zero-order chi connectivity index (χ0) is 37.6.